The Hall–Kier alpha value is -1.55. The SMILES string of the molecule is C[C@]12CCC3C(CC[C@]4(O)C[C@@H](O)CC[C@]34/C=N/NC(N)=S)[C@@]1(O)CC[C@@H]2C1=CC(=O)OC1. The second-order valence-corrected chi connectivity index (χ2v) is 11.7. The number of rotatable bonds is 3. The van der Waals surface area contributed by atoms with Crippen LogP contribution in [0, 0.1) is 28.6 Å². The fourth-order valence-electron chi connectivity index (χ4n) is 8.57. The molecule has 4 fully saturated rings. The molecule has 4 saturated carbocycles. The smallest absolute Gasteiger partial charge is 0.331 e. The summed E-state index contributed by atoms with van der Waals surface area (Å²) in [5.74, 6) is -0.161. The van der Waals surface area contributed by atoms with Gasteiger partial charge in [-0.2, -0.15) is 5.10 Å². The molecular formula is C24H35N3O5S. The number of hydrogen-bond acceptors (Lipinski definition) is 7. The number of hydrogen-bond donors (Lipinski definition) is 5. The molecule has 4 aliphatic carbocycles. The number of cyclic esters (lactones) is 1. The lowest BCUT2D eigenvalue weighted by Gasteiger charge is -2.65. The van der Waals surface area contributed by atoms with Crippen LogP contribution in [0.2, 0.25) is 0 Å². The number of hydrazone groups is 1. The Balaban J connectivity index is 1.52. The normalized spacial score (nSPS) is 49.1. The van der Waals surface area contributed by atoms with Crippen LogP contribution in [0.1, 0.15) is 64.7 Å². The van der Waals surface area contributed by atoms with E-state index < -0.39 is 22.7 Å². The number of carbonyl (C=O) groups is 1. The summed E-state index contributed by atoms with van der Waals surface area (Å²) in [5.41, 5.74) is 6.20. The molecule has 0 aromatic rings. The maximum absolute atomic E-state index is 12.3. The minimum absolute atomic E-state index is 0.00771. The van der Waals surface area contributed by atoms with Crippen molar-refractivity contribution >= 4 is 29.5 Å². The van der Waals surface area contributed by atoms with Crippen LogP contribution >= 0.6 is 12.2 Å². The number of esters is 1. The number of nitrogens with one attached hydrogen (secondary N) is 1. The molecule has 33 heavy (non-hydrogen) atoms. The minimum Gasteiger partial charge on any atom is -0.458 e. The van der Waals surface area contributed by atoms with Crippen LogP contribution in [0.4, 0.5) is 0 Å². The standard InChI is InChI=1S/C24H35N3O5S/c1-21-6-3-17-18(24(21,31)9-5-16(21)14-10-19(29)32-12-14)4-8-23(30)11-15(28)2-7-22(17,23)13-26-27-20(25)33/h10,13,15-18,28,30-31H,2-9,11-12H2,1H3,(H3,25,27,33)/b26-13+/t15-,16+,17?,18?,21+,22-,23-,24-/m0/s1. The number of fused-ring (bicyclic) bond motifs is 5. The van der Waals surface area contributed by atoms with Gasteiger partial charge in [-0.3, -0.25) is 5.43 Å². The van der Waals surface area contributed by atoms with Gasteiger partial charge in [-0.05, 0) is 86.9 Å². The number of carbonyl (C=O) groups excluding carboxylic acids is 1. The molecule has 5 rings (SSSR count). The molecule has 0 aromatic heterocycles. The van der Waals surface area contributed by atoms with E-state index in [2.05, 4.69) is 17.5 Å². The van der Waals surface area contributed by atoms with E-state index in [1.165, 1.54) is 0 Å². The van der Waals surface area contributed by atoms with Gasteiger partial charge in [0.05, 0.1) is 17.3 Å². The summed E-state index contributed by atoms with van der Waals surface area (Å²) in [7, 11) is 0. The maximum Gasteiger partial charge on any atom is 0.331 e. The Bertz CT molecular complexity index is 926. The third kappa shape index (κ3) is 3.22. The molecule has 6 N–H and O–H groups in total. The molecular weight excluding hydrogens is 442 g/mol. The van der Waals surface area contributed by atoms with Crippen LogP contribution in [0.3, 0.4) is 0 Å². The lowest BCUT2D eigenvalue weighted by atomic mass is 9.41. The van der Waals surface area contributed by atoms with Gasteiger partial charge in [0.25, 0.3) is 0 Å². The zero-order valence-corrected chi connectivity index (χ0v) is 19.9. The molecule has 1 heterocycles. The number of aliphatic hydroxyl groups is 3. The van der Waals surface area contributed by atoms with Gasteiger partial charge in [0.2, 0.25) is 0 Å². The molecule has 5 aliphatic rings. The van der Waals surface area contributed by atoms with E-state index in [-0.39, 0.29) is 34.3 Å². The molecule has 9 heteroatoms. The van der Waals surface area contributed by atoms with Crippen LogP contribution in [-0.4, -0.2) is 56.5 Å². The Morgan fingerprint density at radius 2 is 1.97 bits per heavy atom. The topological polar surface area (TPSA) is 137 Å². The summed E-state index contributed by atoms with van der Waals surface area (Å²) in [6, 6.07) is 0. The molecule has 1 aliphatic heterocycles. The molecule has 0 spiro atoms. The number of thiocarbonyl (C=S) groups is 1. The minimum atomic E-state index is -1.09. The van der Waals surface area contributed by atoms with Crippen LogP contribution in [0.25, 0.3) is 0 Å². The number of aliphatic hydroxyl groups excluding tert-OH is 1. The molecule has 0 aromatic carbocycles. The average Bonchev–Trinajstić information content (AvgIpc) is 3.28. The highest BCUT2D eigenvalue weighted by Gasteiger charge is 2.71. The first-order valence-corrected chi connectivity index (χ1v) is 12.6. The van der Waals surface area contributed by atoms with Gasteiger partial charge >= 0.3 is 5.97 Å². The van der Waals surface area contributed by atoms with Gasteiger partial charge in [-0.15, -0.1) is 0 Å². The third-order valence-electron chi connectivity index (χ3n) is 10.1. The van der Waals surface area contributed by atoms with Crippen LogP contribution in [0.15, 0.2) is 16.8 Å². The highest BCUT2D eigenvalue weighted by molar-refractivity contribution is 7.80. The van der Waals surface area contributed by atoms with E-state index in [9.17, 15) is 20.1 Å². The molecule has 0 radical (unpaired) electrons. The predicted molar refractivity (Wildman–Crippen MR) is 126 cm³/mol. The van der Waals surface area contributed by atoms with Crippen molar-refractivity contribution in [1.29, 1.82) is 0 Å². The Labute approximate surface area is 199 Å². The third-order valence-corrected chi connectivity index (χ3v) is 10.2. The first-order valence-electron chi connectivity index (χ1n) is 12.1. The number of ether oxygens (including phenoxy) is 1. The van der Waals surface area contributed by atoms with E-state index in [1.54, 1.807) is 12.3 Å². The second-order valence-electron chi connectivity index (χ2n) is 11.3. The summed E-state index contributed by atoms with van der Waals surface area (Å²) in [5, 5.41) is 39.0. The maximum atomic E-state index is 12.3. The summed E-state index contributed by atoms with van der Waals surface area (Å²) in [6.07, 6.45) is 8.63. The first kappa shape index (κ1) is 23.2. The molecule has 0 saturated heterocycles. The van der Waals surface area contributed by atoms with Crippen molar-refractivity contribution in [1.82, 2.24) is 5.43 Å². The zero-order valence-electron chi connectivity index (χ0n) is 19.1. The Morgan fingerprint density at radius 1 is 1.21 bits per heavy atom. The van der Waals surface area contributed by atoms with Gasteiger partial charge in [-0.25, -0.2) is 4.79 Å². The summed E-state index contributed by atoms with van der Waals surface area (Å²) >= 11 is 4.91. The highest BCUT2D eigenvalue weighted by Crippen LogP contribution is 2.70. The van der Waals surface area contributed by atoms with Crippen molar-refractivity contribution in [3.05, 3.63) is 11.6 Å². The molecule has 0 bridgehead atoms. The van der Waals surface area contributed by atoms with Crippen molar-refractivity contribution in [2.75, 3.05) is 6.61 Å². The van der Waals surface area contributed by atoms with Crippen molar-refractivity contribution in [3.8, 4) is 0 Å². The molecule has 8 atom stereocenters. The predicted octanol–water partition coefficient (Wildman–Crippen LogP) is 1.52. The Kier molecular flexibility index (Phi) is 5.44. The van der Waals surface area contributed by atoms with E-state index >= 15 is 0 Å². The van der Waals surface area contributed by atoms with Gasteiger partial charge in [0.15, 0.2) is 5.11 Å². The quantitative estimate of drug-likeness (QED) is 0.179. The van der Waals surface area contributed by atoms with E-state index in [0.29, 0.717) is 45.1 Å². The van der Waals surface area contributed by atoms with Gasteiger partial charge in [0, 0.05) is 29.5 Å². The summed E-state index contributed by atoms with van der Waals surface area (Å²) in [6.45, 7) is 2.49. The van der Waals surface area contributed by atoms with E-state index in [1.807, 2.05) is 0 Å². The molecule has 0 amide bonds. The average molecular weight is 478 g/mol. The van der Waals surface area contributed by atoms with Crippen LogP contribution in [0.5, 0.6) is 0 Å². The van der Waals surface area contributed by atoms with Crippen molar-refractivity contribution in [2.45, 2.75) is 82.0 Å². The largest absolute Gasteiger partial charge is 0.458 e. The fourth-order valence-corrected chi connectivity index (χ4v) is 8.62. The van der Waals surface area contributed by atoms with Crippen LogP contribution in [-0.2, 0) is 9.53 Å². The van der Waals surface area contributed by atoms with Gasteiger partial charge in [0.1, 0.15) is 6.61 Å². The number of nitrogens with zero attached hydrogens (tertiary/aromatic N) is 1. The number of nitrogens with two attached hydrogens (primary N) is 1. The molecule has 8 nitrogen and oxygen atoms in total. The van der Waals surface area contributed by atoms with Crippen LogP contribution < -0.4 is 11.2 Å². The molecule has 2 unspecified atom stereocenters. The van der Waals surface area contributed by atoms with E-state index in [0.717, 1.165) is 24.8 Å². The monoisotopic (exact) mass is 477 g/mol. The lowest BCUT2D eigenvalue weighted by Crippen LogP contribution is -2.68. The zero-order chi connectivity index (χ0) is 23.6. The summed E-state index contributed by atoms with van der Waals surface area (Å²) in [4.78, 5) is 11.7. The second kappa shape index (κ2) is 7.73. The van der Waals surface area contributed by atoms with E-state index in [4.69, 9.17) is 22.7 Å². The van der Waals surface area contributed by atoms with Crippen molar-refractivity contribution < 1.29 is 24.9 Å². The van der Waals surface area contributed by atoms with Crippen molar-refractivity contribution in [2.24, 2.45) is 39.4 Å². The molecule has 182 valence electrons. The van der Waals surface area contributed by atoms with Crippen molar-refractivity contribution in [3.63, 3.8) is 0 Å². The fraction of sp³-hybridized carbons (Fsp3) is 0.792. The van der Waals surface area contributed by atoms with Gasteiger partial charge in [-0.1, -0.05) is 6.92 Å². The first-order chi connectivity index (χ1) is 15.5. The lowest BCUT2D eigenvalue weighted by molar-refractivity contribution is -0.237. The summed E-state index contributed by atoms with van der Waals surface area (Å²) < 4.78 is 5.20. The highest BCUT2D eigenvalue weighted by atomic mass is 32.1. The van der Waals surface area contributed by atoms with Gasteiger partial charge < -0.3 is 25.8 Å². The Morgan fingerprint density at radius 3 is 2.67 bits per heavy atom.